The monoisotopic (exact) mass is 349 g/mol. The van der Waals surface area contributed by atoms with Gasteiger partial charge in [0.25, 0.3) is 0 Å². The molecular weight excluding hydrogens is 326 g/mol. The molecule has 0 radical (unpaired) electrons. The number of pyridine rings is 1. The third-order valence-corrected chi connectivity index (χ3v) is 3.88. The van der Waals surface area contributed by atoms with Crippen molar-refractivity contribution in [1.29, 1.82) is 0 Å². The van der Waals surface area contributed by atoms with Crippen molar-refractivity contribution in [3.05, 3.63) is 71.7 Å². The minimum atomic E-state index is 0.609. The summed E-state index contributed by atoms with van der Waals surface area (Å²) in [7, 11) is 1.68. The van der Waals surface area contributed by atoms with E-state index in [1.165, 1.54) is 5.56 Å². The van der Waals surface area contributed by atoms with E-state index in [9.17, 15) is 0 Å². The average molecular weight is 349 g/mol. The van der Waals surface area contributed by atoms with Gasteiger partial charge in [-0.3, -0.25) is 4.98 Å². The summed E-state index contributed by atoms with van der Waals surface area (Å²) in [5, 5.41) is 6.61. The van der Waals surface area contributed by atoms with Crippen molar-refractivity contribution in [1.82, 2.24) is 15.0 Å². The summed E-state index contributed by atoms with van der Waals surface area (Å²) in [6.45, 7) is 3.39. The molecular formula is C20H23N5O. The van der Waals surface area contributed by atoms with Crippen LogP contribution in [0.25, 0.3) is 0 Å². The van der Waals surface area contributed by atoms with E-state index in [0.717, 1.165) is 35.8 Å². The SMILES string of the molecule is COc1cccc(CCNc2cc(C)nc(NCc3cccnc3)n2)c1. The molecule has 2 aromatic heterocycles. The molecule has 26 heavy (non-hydrogen) atoms. The summed E-state index contributed by atoms with van der Waals surface area (Å²) in [4.78, 5) is 13.1. The topological polar surface area (TPSA) is 72.0 Å². The number of nitrogens with one attached hydrogen (secondary N) is 2. The molecule has 2 heterocycles. The molecule has 6 heteroatoms. The normalized spacial score (nSPS) is 10.4. The van der Waals surface area contributed by atoms with Gasteiger partial charge < -0.3 is 15.4 Å². The number of nitrogens with zero attached hydrogens (tertiary/aromatic N) is 3. The molecule has 0 atom stereocenters. The highest BCUT2D eigenvalue weighted by atomic mass is 16.5. The quantitative estimate of drug-likeness (QED) is 0.649. The number of anilines is 2. The van der Waals surface area contributed by atoms with Gasteiger partial charge in [-0.05, 0) is 42.7 Å². The first kappa shape index (κ1) is 17.7. The van der Waals surface area contributed by atoms with Crippen LogP contribution in [0.5, 0.6) is 5.75 Å². The fourth-order valence-electron chi connectivity index (χ4n) is 2.58. The second-order valence-corrected chi connectivity index (χ2v) is 5.96. The van der Waals surface area contributed by atoms with Gasteiger partial charge in [-0.2, -0.15) is 4.98 Å². The van der Waals surface area contributed by atoms with Gasteiger partial charge >= 0.3 is 0 Å². The maximum Gasteiger partial charge on any atom is 0.225 e. The average Bonchev–Trinajstić information content (AvgIpc) is 2.67. The summed E-state index contributed by atoms with van der Waals surface area (Å²) in [6.07, 6.45) is 4.48. The number of aryl methyl sites for hydroxylation is 1. The number of methoxy groups -OCH3 is 1. The van der Waals surface area contributed by atoms with Crippen molar-refractivity contribution in [2.45, 2.75) is 19.9 Å². The van der Waals surface area contributed by atoms with Gasteiger partial charge in [-0.25, -0.2) is 4.98 Å². The Morgan fingerprint density at radius 1 is 1.00 bits per heavy atom. The lowest BCUT2D eigenvalue weighted by Crippen LogP contribution is -2.10. The second kappa shape index (κ2) is 8.80. The van der Waals surface area contributed by atoms with E-state index in [2.05, 4.69) is 31.7 Å². The Hall–Kier alpha value is -3.15. The Morgan fingerprint density at radius 3 is 2.69 bits per heavy atom. The first-order valence-corrected chi connectivity index (χ1v) is 8.58. The van der Waals surface area contributed by atoms with Crippen molar-refractivity contribution in [3.63, 3.8) is 0 Å². The third kappa shape index (κ3) is 5.17. The van der Waals surface area contributed by atoms with E-state index < -0.39 is 0 Å². The van der Waals surface area contributed by atoms with Crippen molar-refractivity contribution in [2.24, 2.45) is 0 Å². The summed E-state index contributed by atoms with van der Waals surface area (Å²) in [5.41, 5.74) is 3.22. The van der Waals surface area contributed by atoms with Crippen molar-refractivity contribution in [3.8, 4) is 5.75 Å². The highest BCUT2D eigenvalue weighted by Crippen LogP contribution is 2.14. The fraction of sp³-hybridized carbons (Fsp3) is 0.250. The molecule has 6 nitrogen and oxygen atoms in total. The standard InChI is InChI=1S/C20H23N5O/c1-15-11-19(22-10-8-16-5-3-7-18(12-16)26-2)25-20(24-15)23-14-17-6-4-9-21-13-17/h3-7,9,11-13H,8,10,14H2,1-2H3,(H2,22,23,24,25). The molecule has 3 rings (SSSR count). The van der Waals surface area contributed by atoms with Gasteiger partial charge in [0.05, 0.1) is 7.11 Å². The molecule has 0 unspecified atom stereocenters. The number of ether oxygens (including phenoxy) is 1. The van der Waals surface area contributed by atoms with Gasteiger partial charge in [0.1, 0.15) is 11.6 Å². The van der Waals surface area contributed by atoms with Crippen LogP contribution in [0.2, 0.25) is 0 Å². The first-order chi connectivity index (χ1) is 12.7. The van der Waals surface area contributed by atoms with Crippen LogP contribution in [0.3, 0.4) is 0 Å². The van der Waals surface area contributed by atoms with E-state index in [1.807, 2.05) is 49.5 Å². The maximum atomic E-state index is 5.26. The summed E-state index contributed by atoms with van der Waals surface area (Å²) < 4.78 is 5.26. The van der Waals surface area contributed by atoms with Crippen molar-refractivity contribution >= 4 is 11.8 Å². The van der Waals surface area contributed by atoms with Crippen LogP contribution in [0.1, 0.15) is 16.8 Å². The van der Waals surface area contributed by atoms with Crippen molar-refractivity contribution < 1.29 is 4.74 Å². The third-order valence-electron chi connectivity index (χ3n) is 3.88. The summed E-state index contributed by atoms with van der Waals surface area (Å²) >= 11 is 0. The lowest BCUT2D eigenvalue weighted by molar-refractivity contribution is 0.414. The first-order valence-electron chi connectivity index (χ1n) is 8.58. The molecule has 0 aliphatic rings. The number of benzene rings is 1. The number of aromatic nitrogens is 3. The number of rotatable bonds is 8. The van der Waals surface area contributed by atoms with E-state index in [0.29, 0.717) is 12.5 Å². The predicted molar refractivity (Wildman–Crippen MR) is 104 cm³/mol. The van der Waals surface area contributed by atoms with Gasteiger partial charge in [0.2, 0.25) is 5.95 Å². The smallest absolute Gasteiger partial charge is 0.225 e. The molecule has 134 valence electrons. The molecule has 0 bridgehead atoms. The predicted octanol–water partition coefficient (Wildman–Crippen LogP) is 3.46. The minimum Gasteiger partial charge on any atom is -0.497 e. The van der Waals surface area contributed by atoms with Gasteiger partial charge in [-0.15, -0.1) is 0 Å². The Labute approximate surface area is 153 Å². The van der Waals surface area contributed by atoms with Crippen LogP contribution in [0, 0.1) is 6.92 Å². The van der Waals surface area contributed by atoms with Gasteiger partial charge in [0.15, 0.2) is 0 Å². The molecule has 0 saturated carbocycles. The van der Waals surface area contributed by atoms with Crippen LogP contribution >= 0.6 is 0 Å². The van der Waals surface area contributed by atoms with E-state index in [4.69, 9.17) is 4.74 Å². The lowest BCUT2D eigenvalue weighted by atomic mass is 10.1. The molecule has 0 aliphatic carbocycles. The zero-order valence-electron chi connectivity index (χ0n) is 15.1. The number of hydrogen-bond donors (Lipinski definition) is 2. The summed E-state index contributed by atoms with van der Waals surface area (Å²) in [6, 6.07) is 14.0. The largest absolute Gasteiger partial charge is 0.497 e. The molecule has 1 aromatic carbocycles. The summed E-state index contributed by atoms with van der Waals surface area (Å²) in [5.74, 6) is 2.30. The Bertz CT molecular complexity index is 839. The molecule has 3 aromatic rings. The minimum absolute atomic E-state index is 0.609. The second-order valence-electron chi connectivity index (χ2n) is 5.96. The van der Waals surface area contributed by atoms with Crippen LogP contribution in [0.4, 0.5) is 11.8 Å². The van der Waals surface area contributed by atoms with Crippen LogP contribution in [0.15, 0.2) is 54.9 Å². The fourth-order valence-corrected chi connectivity index (χ4v) is 2.58. The molecule has 0 fully saturated rings. The van der Waals surface area contributed by atoms with Crippen molar-refractivity contribution in [2.75, 3.05) is 24.3 Å². The highest BCUT2D eigenvalue weighted by Gasteiger charge is 2.03. The van der Waals surface area contributed by atoms with E-state index in [1.54, 1.807) is 13.3 Å². The maximum absolute atomic E-state index is 5.26. The van der Waals surface area contributed by atoms with Gasteiger partial charge in [-0.1, -0.05) is 18.2 Å². The Balaban J connectivity index is 1.56. The lowest BCUT2D eigenvalue weighted by Gasteiger charge is -2.10. The highest BCUT2D eigenvalue weighted by molar-refractivity contribution is 5.42. The van der Waals surface area contributed by atoms with Crippen LogP contribution < -0.4 is 15.4 Å². The Kier molecular flexibility index (Phi) is 5.98. The number of hydrogen-bond acceptors (Lipinski definition) is 6. The molecule has 0 aliphatic heterocycles. The molecule has 2 N–H and O–H groups in total. The molecule has 0 spiro atoms. The van der Waals surface area contributed by atoms with Crippen LogP contribution in [-0.4, -0.2) is 28.6 Å². The zero-order chi connectivity index (χ0) is 18.2. The van der Waals surface area contributed by atoms with E-state index >= 15 is 0 Å². The molecule has 0 amide bonds. The molecule has 0 saturated heterocycles. The van der Waals surface area contributed by atoms with Gasteiger partial charge in [0, 0.05) is 37.2 Å². The van der Waals surface area contributed by atoms with E-state index in [-0.39, 0.29) is 0 Å². The zero-order valence-corrected chi connectivity index (χ0v) is 15.1. The van der Waals surface area contributed by atoms with Crippen LogP contribution in [-0.2, 0) is 13.0 Å². The Morgan fingerprint density at radius 2 is 1.88 bits per heavy atom.